The third kappa shape index (κ3) is 1.57. The predicted molar refractivity (Wildman–Crippen MR) is 46.9 cm³/mol. The molecule has 1 aliphatic rings. The molecular formula is C9H10OS. The van der Waals surface area contributed by atoms with Gasteiger partial charge in [-0.15, -0.1) is 11.8 Å². The average molecular weight is 166 g/mol. The molecule has 2 heteroatoms. The van der Waals surface area contributed by atoms with Crippen LogP contribution in [0.5, 0.6) is 0 Å². The molecule has 0 amide bonds. The van der Waals surface area contributed by atoms with Gasteiger partial charge >= 0.3 is 0 Å². The van der Waals surface area contributed by atoms with E-state index < -0.39 is 0 Å². The third-order valence-electron chi connectivity index (χ3n) is 1.82. The minimum atomic E-state index is 0.394. The Balaban J connectivity index is 2.19. The molecule has 1 unspecified atom stereocenters. The van der Waals surface area contributed by atoms with Gasteiger partial charge in [0.1, 0.15) is 6.10 Å². The van der Waals surface area contributed by atoms with Gasteiger partial charge in [0.15, 0.2) is 0 Å². The quantitative estimate of drug-likeness (QED) is 0.494. The maximum absolute atomic E-state index is 5.16. The van der Waals surface area contributed by atoms with Crippen molar-refractivity contribution in [3.05, 3.63) is 29.8 Å². The van der Waals surface area contributed by atoms with Gasteiger partial charge in [-0.1, -0.05) is 12.1 Å². The lowest BCUT2D eigenvalue weighted by Gasteiger charge is -1.97. The van der Waals surface area contributed by atoms with E-state index in [0.29, 0.717) is 6.10 Å². The SMILES string of the molecule is CSc1ccc(C2CO2)cc1. The second-order valence-electron chi connectivity index (χ2n) is 2.60. The van der Waals surface area contributed by atoms with Gasteiger partial charge in [-0.05, 0) is 24.0 Å². The van der Waals surface area contributed by atoms with Gasteiger partial charge in [-0.25, -0.2) is 0 Å². The lowest BCUT2D eigenvalue weighted by molar-refractivity contribution is 0.415. The average Bonchev–Trinajstić information content (AvgIpc) is 2.87. The monoisotopic (exact) mass is 166 g/mol. The van der Waals surface area contributed by atoms with E-state index in [1.54, 1.807) is 11.8 Å². The number of benzene rings is 1. The molecule has 0 radical (unpaired) electrons. The van der Waals surface area contributed by atoms with Gasteiger partial charge in [0.2, 0.25) is 0 Å². The maximum Gasteiger partial charge on any atom is 0.106 e. The molecule has 0 aliphatic carbocycles. The second kappa shape index (κ2) is 2.88. The van der Waals surface area contributed by atoms with Crippen LogP contribution in [0.2, 0.25) is 0 Å². The van der Waals surface area contributed by atoms with Crippen LogP contribution in [0.15, 0.2) is 29.2 Å². The molecule has 1 fully saturated rings. The van der Waals surface area contributed by atoms with Crippen molar-refractivity contribution in [2.24, 2.45) is 0 Å². The molecule has 11 heavy (non-hydrogen) atoms. The molecule has 1 nitrogen and oxygen atoms in total. The van der Waals surface area contributed by atoms with Crippen LogP contribution in [0, 0.1) is 0 Å². The van der Waals surface area contributed by atoms with E-state index in [-0.39, 0.29) is 0 Å². The van der Waals surface area contributed by atoms with E-state index in [0.717, 1.165) is 6.61 Å². The Morgan fingerprint density at radius 3 is 2.45 bits per heavy atom. The van der Waals surface area contributed by atoms with Gasteiger partial charge in [0.05, 0.1) is 6.61 Å². The van der Waals surface area contributed by atoms with E-state index in [9.17, 15) is 0 Å². The van der Waals surface area contributed by atoms with E-state index >= 15 is 0 Å². The smallest absolute Gasteiger partial charge is 0.106 e. The van der Waals surface area contributed by atoms with Crippen molar-refractivity contribution in [1.82, 2.24) is 0 Å². The first-order valence-corrected chi connectivity index (χ1v) is 4.88. The van der Waals surface area contributed by atoms with E-state index in [2.05, 4.69) is 30.5 Å². The van der Waals surface area contributed by atoms with Crippen LogP contribution in [-0.2, 0) is 4.74 Å². The van der Waals surface area contributed by atoms with Crippen LogP contribution in [0.25, 0.3) is 0 Å². The van der Waals surface area contributed by atoms with Crippen LogP contribution in [0.4, 0.5) is 0 Å². The summed E-state index contributed by atoms with van der Waals surface area (Å²) in [4.78, 5) is 1.31. The van der Waals surface area contributed by atoms with Crippen molar-refractivity contribution < 1.29 is 4.74 Å². The van der Waals surface area contributed by atoms with Crippen molar-refractivity contribution in [2.45, 2.75) is 11.0 Å². The fourth-order valence-electron chi connectivity index (χ4n) is 1.06. The zero-order valence-electron chi connectivity index (χ0n) is 6.41. The van der Waals surface area contributed by atoms with Gasteiger partial charge in [-0.2, -0.15) is 0 Å². The van der Waals surface area contributed by atoms with E-state index in [1.807, 2.05) is 0 Å². The normalized spacial score (nSPS) is 21.7. The molecule has 1 aromatic carbocycles. The van der Waals surface area contributed by atoms with Gasteiger partial charge in [-0.3, -0.25) is 0 Å². The molecule has 0 saturated carbocycles. The molecule has 1 heterocycles. The summed E-state index contributed by atoms with van der Waals surface area (Å²) in [5.41, 5.74) is 1.31. The zero-order valence-corrected chi connectivity index (χ0v) is 7.23. The molecule has 0 N–H and O–H groups in total. The Morgan fingerprint density at radius 1 is 1.36 bits per heavy atom. The molecule has 1 aliphatic heterocycles. The highest BCUT2D eigenvalue weighted by Crippen LogP contribution is 2.30. The molecule has 2 rings (SSSR count). The topological polar surface area (TPSA) is 12.5 Å². The molecular weight excluding hydrogens is 156 g/mol. The number of epoxide rings is 1. The summed E-state index contributed by atoms with van der Waals surface area (Å²) in [6, 6.07) is 8.57. The van der Waals surface area contributed by atoms with Gasteiger partial charge in [0.25, 0.3) is 0 Å². The molecule has 0 bridgehead atoms. The summed E-state index contributed by atoms with van der Waals surface area (Å²) in [5, 5.41) is 0. The van der Waals surface area contributed by atoms with Crippen LogP contribution >= 0.6 is 11.8 Å². The first-order valence-electron chi connectivity index (χ1n) is 3.66. The molecule has 58 valence electrons. The Labute approximate surface area is 70.8 Å². The number of ether oxygens (including phenoxy) is 1. The van der Waals surface area contributed by atoms with Crippen molar-refractivity contribution in [1.29, 1.82) is 0 Å². The summed E-state index contributed by atoms with van der Waals surface area (Å²) < 4.78 is 5.16. The van der Waals surface area contributed by atoms with Crippen molar-refractivity contribution >= 4 is 11.8 Å². The minimum Gasteiger partial charge on any atom is -0.368 e. The summed E-state index contributed by atoms with van der Waals surface area (Å²) >= 11 is 1.77. The fraction of sp³-hybridized carbons (Fsp3) is 0.333. The second-order valence-corrected chi connectivity index (χ2v) is 3.47. The molecule has 1 saturated heterocycles. The van der Waals surface area contributed by atoms with Crippen LogP contribution in [0.1, 0.15) is 11.7 Å². The Hall–Kier alpha value is -0.470. The molecule has 1 atom stereocenters. The highest BCUT2D eigenvalue weighted by atomic mass is 32.2. The first-order chi connectivity index (χ1) is 5.40. The summed E-state index contributed by atoms with van der Waals surface area (Å²) in [6.45, 7) is 0.901. The van der Waals surface area contributed by atoms with Crippen LogP contribution in [-0.4, -0.2) is 12.9 Å². The number of hydrogen-bond donors (Lipinski definition) is 0. The van der Waals surface area contributed by atoms with Crippen molar-refractivity contribution in [3.63, 3.8) is 0 Å². The van der Waals surface area contributed by atoms with Crippen LogP contribution in [0.3, 0.4) is 0 Å². The Kier molecular flexibility index (Phi) is 1.88. The first kappa shape index (κ1) is 7.19. The maximum atomic E-state index is 5.16. The fourth-order valence-corrected chi connectivity index (χ4v) is 1.47. The highest BCUT2D eigenvalue weighted by molar-refractivity contribution is 7.98. The summed E-state index contributed by atoms with van der Waals surface area (Å²) in [6.07, 6.45) is 2.48. The van der Waals surface area contributed by atoms with Gasteiger partial charge in [0, 0.05) is 4.90 Å². The van der Waals surface area contributed by atoms with Crippen LogP contribution < -0.4 is 0 Å². The number of hydrogen-bond acceptors (Lipinski definition) is 2. The zero-order chi connectivity index (χ0) is 7.68. The predicted octanol–water partition coefficient (Wildman–Crippen LogP) is 2.48. The van der Waals surface area contributed by atoms with Gasteiger partial charge < -0.3 is 4.74 Å². The molecule has 0 aromatic heterocycles. The summed E-state index contributed by atoms with van der Waals surface area (Å²) in [7, 11) is 0. The summed E-state index contributed by atoms with van der Waals surface area (Å²) in [5.74, 6) is 0. The van der Waals surface area contributed by atoms with E-state index in [4.69, 9.17) is 4.74 Å². The molecule has 0 spiro atoms. The lowest BCUT2D eigenvalue weighted by Crippen LogP contribution is -1.78. The van der Waals surface area contributed by atoms with Crippen molar-refractivity contribution in [2.75, 3.05) is 12.9 Å². The third-order valence-corrected chi connectivity index (χ3v) is 2.56. The molecule has 1 aromatic rings. The lowest BCUT2D eigenvalue weighted by atomic mass is 10.2. The minimum absolute atomic E-state index is 0.394. The number of rotatable bonds is 2. The Bertz CT molecular complexity index is 238. The van der Waals surface area contributed by atoms with Crippen molar-refractivity contribution in [3.8, 4) is 0 Å². The number of thioether (sulfide) groups is 1. The highest BCUT2D eigenvalue weighted by Gasteiger charge is 2.23. The van der Waals surface area contributed by atoms with E-state index in [1.165, 1.54) is 10.5 Å². The standard InChI is InChI=1S/C9H10OS/c1-11-8-4-2-7(3-5-8)9-6-10-9/h2-5,9H,6H2,1H3. The Morgan fingerprint density at radius 2 is 2.00 bits per heavy atom. The largest absolute Gasteiger partial charge is 0.368 e.